The number of carbonyl (C=O) groups excluding carboxylic acids is 1. The van der Waals surface area contributed by atoms with Gasteiger partial charge in [0, 0.05) is 6.04 Å². The molecule has 0 fully saturated rings. The minimum absolute atomic E-state index is 0.336. The van der Waals surface area contributed by atoms with Gasteiger partial charge in [-0.05, 0) is 47.9 Å². The van der Waals surface area contributed by atoms with Crippen molar-refractivity contribution in [3.63, 3.8) is 0 Å². The van der Waals surface area contributed by atoms with Gasteiger partial charge in [0.2, 0.25) is 0 Å². The van der Waals surface area contributed by atoms with Crippen molar-refractivity contribution in [2.24, 2.45) is 0 Å². The SMILES string of the molecule is C#CCN(C(=O)C(F)(F)F)[C@@H]1CCc2ccccc21.C#CCN[C@@H]1CCc2ccccc21. The Balaban J connectivity index is 0.000000193. The van der Waals surface area contributed by atoms with E-state index in [4.69, 9.17) is 12.8 Å². The third-order valence-electron chi connectivity index (χ3n) is 5.83. The van der Waals surface area contributed by atoms with Crippen LogP contribution in [0.5, 0.6) is 0 Å². The van der Waals surface area contributed by atoms with E-state index in [0.29, 0.717) is 25.4 Å². The van der Waals surface area contributed by atoms with Gasteiger partial charge in [0.25, 0.3) is 0 Å². The predicted octanol–water partition coefficient (Wildman–Crippen LogP) is 4.59. The molecule has 4 rings (SSSR count). The predicted molar refractivity (Wildman–Crippen MR) is 118 cm³/mol. The lowest BCUT2D eigenvalue weighted by atomic mass is 10.1. The highest BCUT2D eigenvalue weighted by atomic mass is 19.4. The lowest BCUT2D eigenvalue weighted by Crippen LogP contribution is -2.43. The molecule has 2 aliphatic rings. The average molecular weight is 438 g/mol. The summed E-state index contributed by atoms with van der Waals surface area (Å²) < 4.78 is 37.8. The summed E-state index contributed by atoms with van der Waals surface area (Å²) in [6.07, 6.45) is 8.90. The number of hydrogen-bond donors (Lipinski definition) is 1. The maximum Gasteiger partial charge on any atom is 0.471 e. The molecule has 0 bridgehead atoms. The Hall–Kier alpha value is -3.22. The fourth-order valence-corrected chi connectivity index (χ4v) is 4.39. The summed E-state index contributed by atoms with van der Waals surface area (Å²) in [5.41, 5.74) is 4.63. The van der Waals surface area contributed by atoms with Crippen LogP contribution in [-0.4, -0.2) is 30.1 Å². The Morgan fingerprint density at radius 3 is 2.19 bits per heavy atom. The van der Waals surface area contributed by atoms with Crippen LogP contribution in [0.1, 0.15) is 47.2 Å². The lowest BCUT2D eigenvalue weighted by molar-refractivity contribution is -0.187. The van der Waals surface area contributed by atoms with Crippen molar-refractivity contribution < 1.29 is 18.0 Å². The molecule has 3 nitrogen and oxygen atoms in total. The first-order valence-electron chi connectivity index (χ1n) is 10.5. The molecular formula is C26H25F3N2O. The van der Waals surface area contributed by atoms with Gasteiger partial charge >= 0.3 is 12.1 Å². The van der Waals surface area contributed by atoms with Gasteiger partial charge in [-0.1, -0.05) is 60.4 Å². The van der Waals surface area contributed by atoms with Crippen molar-refractivity contribution >= 4 is 5.91 Å². The second-order valence-corrected chi connectivity index (χ2v) is 7.76. The number of amides is 1. The number of nitrogens with zero attached hydrogens (tertiary/aromatic N) is 1. The van der Waals surface area contributed by atoms with Gasteiger partial charge in [-0.15, -0.1) is 12.8 Å². The third-order valence-corrected chi connectivity index (χ3v) is 5.83. The standard InChI is InChI=1S/C14H12F3NO.C12H13N/c1-2-9-18(13(19)14(15,16)17)12-8-7-10-5-3-4-6-11(10)12;1-2-9-13-12-8-7-10-5-3-4-6-11(10)12/h1,3-6,12H,7-9H2;1,3-6,12-13H,7-9H2/t2*12-/m11/s1. The quantitative estimate of drug-likeness (QED) is 0.708. The van der Waals surface area contributed by atoms with E-state index in [1.807, 2.05) is 12.1 Å². The van der Waals surface area contributed by atoms with E-state index >= 15 is 0 Å². The van der Waals surface area contributed by atoms with E-state index in [2.05, 4.69) is 41.4 Å². The molecule has 6 heteroatoms. The van der Waals surface area contributed by atoms with Gasteiger partial charge in [0.15, 0.2) is 0 Å². The summed E-state index contributed by atoms with van der Waals surface area (Å²) in [6.45, 7) is 0.330. The number of hydrogen-bond acceptors (Lipinski definition) is 2. The summed E-state index contributed by atoms with van der Waals surface area (Å²) in [5.74, 6) is 2.88. The highest BCUT2D eigenvalue weighted by Gasteiger charge is 2.45. The van der Waals surface area contributed by atoms with Crippen LogP contribution >= 0.6 is 0 Å². The minimum Gasteiger partial charge on any atom is -0.317 e. The number of rotatable bonds is 4. The molecule has 2 atom stereocenters. The first kappa shape index (κ1) is 23.4. The number of aryl methyl sites for hydroxylation is 2. The summed E-state index contributed by atoms with van der Waals surface area (Å²) in [5, 5.41) is 3.35. The highest BCUT2D eigenvalue weighted by Crippen LogP contribution is 2.37. The molecule has 0 radical (unpaired) electrons. The molecule has 166 valence electrons. The Bertz CT molecular complexity index is 1030. The zero-order valence-electron chi connectivity index (χ0n) is 17.7. The second-order valence-electron chi connectivity index (χ2n) is 7.76. The van der Waals surface area contributed by atoms with E-state index < -0.39 is 18.1 Å². The van der Waals surface area contributed by atoms with Crippen LogP contribution in [0.3, 0.4) is 0 Å². The zero-order chi connectivity index (χ0) is 23.1. The van der Waals surface area contributed by atoms with E-state index in [-0.39, 0.29) is 6.54 Å². The molecular weight excluding hydrogens is 413 g/mol. The molecule has 0 aromatic heterocycles. The van der Waals surface area contributed by atoms with Gasteiger partial charge < -0.3 is 4.90 Å². The number of terminal acetylenes is 2. The van der Waals surface area contributed by atoms with Crippen molar-refractivity contribution in [2.45, 2.75) is 43.9 Å². The number of nitrogens with one attached hydrogen (secondary N) is 1. The van der Waals surface area contributed by atoms with Gasteiger partial charge in [-0.3, -0.25) is 10.1 Å². The van der Waals surface area contributed by atoms with E-state index in [0.717, 1.165) is 16.0 Å². The Kier molecular flexibility index (Phi) is 7.62. The second kappa shape index (κ2) is 10.4. The smallest absolute Gasteiger partial charge is 0.317 e. The molecule has 0 aliphatic heterocycles. The monoisotopic (exact) mass is 438 g/mol. The van der Waals surface area contributed by atoms with Crippen LogP contribution in [0.15, 0.2) is 48.5 Å². The molecule has 1 amide bonds. The number of benzene rings is 2. The van der Waals surface area contributed by atoms with E-state index in [9.17, 15) is 18.0 Å². The normalized spacial score (nSPS) is 18.4. The minimum atomic E-state index is -4.89. The van der Waals surface area contributed by atoms with E-state index in [1.165, 1.54) is 24.0 Å². The van der Waals surface area contributed by atoms with Gasteiger partial charge in [0.1, 0.15) is 0 Å². The maximum absolute atomic E-state index is 12.6. The fourth-order valence-electron chi connectivity index (χ4n) is 4.39. The highest BCUT2D eigenvalue weighted by molar-refractivity contribution is 5.82. The number of carbonyl (C=O) groups is 1. The fraction of sp³-hybridized carbons (Fsp3) is 0.346. The number of halogens is 3. The van der Waals surface area contributed by atoms with Crippen molar-refractivity contribution in [1.82, 2.24) is 10.2 Å². The molecule has 0 spiro atoms. The molecule has 0 unspecified atom stereocenters. The van der Waals surface area contributed by atoms with Crippen molar-refractivity contribution in [3.8, 4) is 24.7 Å². The summed E-state index contributed by atoms with van der Waals surface area (Å²) in [6, 6.07) is 15.7. The lowest BCUT2D eigenvalue weighted by Gasteiger charge is -2.28. The molecule has 32 heavy (non-hydrogen) atoms. The maximum atomic E-state index is 12.6. The van der Waals surface area contributed by atoms with Crippen LogP contribution in [0.4, 0.5) is 13.2 Å². The third kappa shape index (κ3) is 5.33. The van der Waals surface area contributed by atoms with Crippen LogP contribution in [0.2, 0.25) is 0 Å². The van der Waals surface area contributed by atoms with Crippen LogP contribution in [0, 0.1) is 24.7 Å². The molecule has 2 aromatic carbocycles. The number of fused-ring (bicyclic) bond motifs is 2. The Morgan fingerprint density at radius 2 is 1.56 bits per heavy atom. The summed E-state index contributed by atoms with van der Waals surface area (Å²) in [4.78, 5) is 12.2. The molecule has 2 aliphatic carbocycles. The van der Waals surface area contributed by atoms with Crippen LogP contribution < -0.4 is 5.32 Å². The molecule has 0 heterocycles. The van der Waals surface area contributed by atoms with Crippen molar-refractivity contribution in [3.05, 3.63) is 70.8 Å². The molecule has 2 aromatic rings. The molecule has 0 saturated heterocycles. The topological polar surface area (TPSA) is 32.3 Å². The summed E-state index contributed by atoms with van der Waals surface area (Å²) >= 11 is 0. The number of alkyl halides is 3. The van der Waals surface area contributed by atoms with Crippen LogP contribution in [0.25, 0.3) is 0 Å². The first-order chi connectivity index (χ1) is 15.4. The van der Waals surface area contributed by atoms with E-state index in [1.54, 1.807) is 12.1 Å². The van der Waals surface area contributed by atoms with Gasteiger partial charge in [-0.25, -0.2) is 0 Å². The van der Waals surface area contributed by atoms with Crippen molar-refractivity contribution in [1.29, 1.82) is 0 Å². The first-order valence-corrected chi connectivity index (χ1v) is 10.5. The van der Waals surface area contributed by atoms with Crippen LogP contribution in [-0.2, 0) is 17.6 Å². The molecule has 1 N–H and O–H groups in total. The Morgan fingerprint density at radius 1 is 0.969 bits per heavy atom. The van der Waals surface area contributed by atoms with Crippen molar-refractivity contribution in [2.75, 3.05) is 13.1 Å². The van der Waals surface area contributed by atoms with Gasteiger partial charge in [-0.2, -0.15) is 13.2 Å². The Labute approximate surface area is 187 Å². The summed E-state index contributed by atoms with van der Waals surface area (Å²) in [7, 11) is 0. The average Bonchev–Trinajstić information content (AvgIpc) is 3.40. The van der Waals surface area contributed by atoms with Gasteiger partial charge in [0.05, 0.1) is 19.1 Å². The molecule has 0 saturated carbocycles. The largest absolute Gasteiger partial charge is 0.471 e. The zero-order valence-corrected chi connectivity index (χ0v) is 17.7.